The van der Waals surface area contributed by atoms with Crippen LogP contribution in [0.15, 0.2) is 139 Å². The number of aliphatic hydroxyl groups is 1. The summed E-state index contributed by atoms with van der Waals surface area (Å²) in [6.07, 6.45) is 5.24. The van der Waals surface area contributed by atoms with Gasteiger partial charge in [0, 0.05) is 24.5 Å². The molecule has 0 bridgehead atoms. The van der Waals surface area contributed by atoms with E-state index in [1.54, 1.807) is 29.8 Å². The van der Waals surface area contributed by atoms with Gasteiger partial charge in [0.2, 0.25) is 0 Å². The maximum Gasteiger partial charge on any atom is 0.119 e. The zero-order chi connectivity index (χ0) is 25.8. The highest BCUT2D eigenvalue weighted by atomic mass is 32.2. The van der Waals surface area contributed by atoms with Crippen molar-refractivity contribution in [2.75, 3.05) is 6.61 Å². The number of aliphatic hydroxyl groups excluding tert-OH is 1. The molecule has 2 nitrogen and oxygen atoms in total. The zero-order valence-corrected chi connectivity index (χ0v) is 23.7. The predicted octanol–water partition coefficient (Wildman–Crippen LogP) is 9.42. The summed E-state index contributed by atoms with van der Waals surface area (Å²) < 4.78 is 5.67. The lowest BCUT2D eigenvalue weighted by Gasteiger charge is -2.20. The minimum atomic E-state index is -0.841. The average Bonchev–Trinajstić information content (AvgIpc) is 2.86. The van der Waals surface area contributed by atoms with Gasteiger partial charge in [-0.15, -0.1) is 0 Å². The SMILES string of the molecule is CCO/C=C(\Sc1ccccc1)C(O)/C(=C/C(=C/C(C)(C)C)Sc1ccccc1)Sc1ccccc1. The predicted molar refractivity (Wildman–Crippen MR) is 158 cm³/mol. The lowest BCUT2D eigenvalue weighted by Crippen LogP contribution is -2.11. The topological polar surface area (TPSA) is 29.5 Å². The highest BCUT2D eigenvalue weighted by Crippen LogP contribution is 2.40. The van der Waals surface area contributed by atoms with E-state index in [0.717, 1.165) is 29.4 Å². The molecule has 0 spiro atoms. The molecule has 0 saturated carbocycles. The lowest BCUT2D eigenvalue weighted by molar-refractivity contribution is 0.238. The average molecular weight is 535 g/mol. The molecular weight excluding hydrogens is 501 g/mol. The molecule has 0 heterocycles. The fourth-order valence-corrected chi connectivity index (χ4v) is 6.38. The number of allylic oxidation sites excluding steroid dienone is 2. The third-order valence-electron chi connectivity index (χ3n) is 4.70. The maximum absolute atomic E-state index is 11.7. The van der Waals surface area contributed by atoms with E-state index in [9.17, 15) is 5.11 Å². The number of thioether (sulfide) groups is 3. The van der Waals surface area contributed by atoms with Crippen LogP contribution in [0.4, 0.5) is 0 Å². The molecule has 0 amide bonds. The molecule has 0 aliphatic heterocycles. The molecule has 0 saturated heterocycles. The molecule has 5 heteroatoms. The minimum Gasteiger partial charge on any atom is -0.501 e. The monoisotopic (exact) mass is 534 g/mol. The Morgan fingerprint density at radius 3 is 1.64 bits per heavy atom. The van der Waals surface area contributed by atoms with Gasteiger partial charge in [-0.2, -0.15) is 0 Å². The highest BCUT2D eigenvalue weighted by Gasteiger charge is 2.21. The van der Waals surface area contributed by atoms with Crippen LogP contribution in [0.1, 0.15) is 27.7 Å². The normalized spacial score (nSPS) is 14.0. The van der Waals surface area contributed by atoms with Gasteiger partial charge in [-0.1, -0.05) is 117 Å². The molecule has 3 aromatic carbocycles. The molecule has 3 rings (SSSR count). The molecular formula is C31H34O2S3. The Bertz CT molecular complexity index is 1150. The molecule has 36 heavy (non-hydrogen) atoms. The third-order valence-corrected chi connectivity index (χ3v) is 7.83. The molecule has 0 radical (unpaired) electrons. The van der Waals surface area contributed by atoms with Crippen molar-refractivity contribution in [3.8, 4) is 0 Å². The highest BCUT2D eigenvalue weighted by molar-refractivity contribution is 8.05. The summed E-state index contributed by atoms with van der Waals surface area (Å²) in [6.45, 7) is 9.06. The number of hydrogen-bond acceptors (Lipinski definition) is 5. The van der Waals surface area contributed by atoms with Crippen molar-refractivity contribution < 1.29 is 9.84 Å². The van der Waals surface area contributed by atoms with Gasteiger partial charge < -0.3 is 9.84 Å². The summed E-state index contributed by atoms with van der Waals surface area (Å²) in [5.41, 5.74) is -0.0239. The minimum absolute atomic E-state index is 0.0239. The Kier molecular flexibility index (Phi) is 11.3. The van der Waals surface area contributed by atoms with Gasteiger partial charge in [0.05, 0.1) is 17.8 Å². The molecule has 1 unspecified atom stereocenters. The van der Waals surface area contributed by atoms with E-state index in [1.807, 2.05) is 61.5 Å². The van der Waals surface area contributed by atoms with Crippen molar-refractivity contribution in [2.45, 2.75) is 48.5 Å². The summed E-state index contributed by atoms with van der Waals surface area (Å²) in [4.78, 5) is 5.96. The van der Waals surface area contributed by atoms with Gasteiger partial charge in [-0.25, -0.2) is 0 Å². The van der Waals surface area contributed by atoms with Crippen molar-refractivity contribution in [3.05, 3.63) is 124 Å². The Hall–Kier alpha value is -2.31. The Balaban J connectivity index is 2.04. The molecule has 188 valence electrons. The number of benzene rings is 3. The van der Waals surface area contributed by atoms with E-state index in [2.05, 4.69) is 69.3 Å². The number of ether oxygens (including phenoxy) is 1. The standard InChI is InChI=1S/C31H34O2S3/c1-5-33-23-29(36-26-19-13-8-14-20-26)30(32)28(35-25-17-11-7-12-18-25)21-27(22-31(2,3)4)34-24-15-9-6-10-16-24/h6-23,30,32H,5H2,1-4H3/b27-22-,28-21-,29-23-. The van der Waals surface area contributed by atoms with Crippen LogP contribution in [-0.2, 0) is 4.74 Å². The van der Waals surface area contributed by atoms with Crippen LogP contribution in [0.25, 0.3) is 0 Å². The van der Waals surface area contributed by atoms with Gasteiger partial charge in [0.25, 0.3) is 0 Å². The third kappa shape index (κ3) is 9.98. The van der Waals surface area contributed by atoms with E-state index in [-0.39, 0.29) is 5.41 Å². The van der Waals surface area contributed by atoms with Crippen molar-refractivity contribution in [2.24, 2.45) is 5.41 Å². The maximum atomic E-state index is 11.7. The second kappa shape index (κ2) is 14.4. The van der Waals surface area contributed by atoms with Gasteiger partial charge in [0.1, 0.15) is 6.10 Å². The quantitative estimate of drug-likeness (QED) is 0.150. The van der Waals surface area contributed by atoms with Crippen molar-refractivity contribution in [3.63, 3.8) is 0 Å². The van der Waals surface area contributed by atoms with Gasteiger partial charge in [0.15, 0.2) is 0 Å². The first kappa shape index (κ1) is 28.3. The van der Waals surface area contributed by atoms with E-state index in [4.69, 9.17) is 4.74 Å². The number of hydrogen-bond donors (Lipinski definition) is 1. The van der Waals surface area contributed by atoms with Crippen LogP contribution in [0.3, 0.4) is 0 Å². The first-order chi connectivity index (χ1) is 17.3. The molecule has 1 N–H and O–H groups in total. The van der Waals surface area contributed by atoms with E-state index in [1.165, 1.54) is 11.8 Å². The van der Waals surface area contributed by atoms with Gasteiger partial charge in [-0.05, 0) is 54.8 Å². The van der Waals surface area contributed by atoms with Crippen molar-refractivity contribution in [1.82, 2.24) is 0 Å². The van der Waals surface area contributed by atoms with Crippen LogP contribution < -0.4 is 0 Å². The molecule has 0 aliphatic rings. The zero-order valence-electron chi connectivity index (χ0n) is 21.3. The Morgan fingerprint density at radius 1 is 0.750 bits per heavy atom. The van der Waals surface area contributed by atoms with Gasteiger partial charge >= 0.3 is 0 Å². The Labute approximate surface area is 228 Å². The molecule has 0 aromatic heterocycles. The van der Waals surface area contributed by atoms with E-state index >= 15 is 0 Å². The second-order valence-electron chi connectivity index (χ2n) is 9.08. The summed E-state index contributed by atoms with van der Waals surface area (Å²) in [5.74, 6) is 0. The van der Waals surface area contributed by atoms with Crippen LogP contribution >= 0.6 is 35.3 Å². The fraction of sp³-hybridized carbons (Fsp3) is 0.226. The van der Waals surface area contributed by atoms with Crippen molar-refractivity contribution >= 4 is 35.3 Å². The lowest BCUT2D eigenvalue weighted by atomic mass is 9.96. The summed E-state index contributed by atoms with van der Waals surface area (Å²) in [6, 6.07) is 30.6. The molecule has 1 atom stereocenters. The first-order valence-electron chi connectivity index (χ1n) is 12.0. The molecule has 0 fully saturated rings. The van der Waals surface area contributed by atoms with Crippen molar-refractivity contribution in [1.29, 1.82) is 0 Å². The number of rotatable bonds is 11. The van der Waals surface area contributed by atoms with E-state index in [0.29, 0.717) is 6.61 Å². The summed E-state index contributed by atoms with van der Waals surface area (Å²) in [5, 5.41) is 11.7. The van der Waals surface area contributed by atoms with Crippen LogP contribution in [0, 0.1) is 5.41 Å². The van der Waals surface area contributed by atoms with E-state index < -0.39 is 6.10 Å². The van der Waals surface area contributed by atoms with Gasteiger partial charge in [-0.3, -0.25) is 0 Å². The summed E-state index contributed by atoms with van der Waals surface area (Å²) >= 11 is 4.82. The molecule has 0 aliphatic carbocycles. The Morgan fingerprint density at radius 2 is 1.19 bits per heavy atom. The molecule has 3 aromatic rings. The van der Waals surface area contributed by atoms with Crippen LogP contribution in [0.5, 0.6) is 0 Å². The summed E-state index contributed by atoms with van der Waals surface area (Å²) in [7, 11) is 0. The smallest absolute Gasteiger partial charge is 0.119 e. The fourth-order valence-electron chi connectivity index (χ4n) is 3.16. The largest absolute Gasteiger partial charge is 0.501 e. The first-order valence-corrected chi connectivity index (χ1v) is 14.4. The van der Waals surface area contributed by atoms with Crippen LogP contribution in [0.2, 0.25) is 0 Å². The van der Waals surface area contributed by atoms with Crippen LogP contribution in [-0.4, -0.2) is 17.8 Å². The second-order valence-corrected chi connectivity index (χ2v) is 12.5.